The number of carbonyl (C=O) groups excluding carboxylic acids is 2. The third kappa shape index (κ3) is 3.96. The third-order valence-corrected chi connectivity index (χ3v) is 5.85. The summed E-state index contributed by atoms with van der Waals surface area (Å²) in [4.78, 5) is 29.0. The third-order valence-electron chi connectivity index (χ3n) is 5.85. The first kappa shape index (κ1) is 19.7. The maximum absolute atomic E-state index is 12.9. The maximum Gasteiger partial charge on any atom is 0.410 e. The number of likely N-dealkylation sites (tertiary alicyclic amines) is 1. The Morgan fingerprint density at radius 2 is 2.00 bits per heavy atom. The molecule has 0 saturated carbocycles. The smallest absolute Gasteiger partial charge is 0.410 e. The summed E-state index contributed by atoms with van der Waals surface area (Å²) in [6.45, 7) is 8.17. The number of amides is 2. The second-order valence-corrected chi connectivity index (χ2v) is 8.00. The highest BCUT2D eigenvalue weighted by atomic mass is 16.6. The van der Waals surface area contributed by atoms with Crippen molar-refractivity contribution in [3.8, 4) is 0 Å². The van der Waals surface area contributed by atoms with Crippen molar-refractivity contribution in [3.05, 3.63) is 17.5 Å². The topological polar surface area (TPSA) is 67.7 Å². The number of hydrogen-bond acceptors (Lipinski definition) is 4. The molecule has 1 spiro atoms. The van der Waals surface area contributed by atoms with Crippen molar-refractivity contribution >= 4 is 12.0 Å². The van der Waals surface area contributed by atoms with Gasteiger partial charge in [0.2, 0.25) is 0 Å². The predicted octanol–water partition coefficient (Wildman–Crippen LogP) is 2.99. The molecule has 1 aromatic heterocycles. The van der Waals surface area contributed by atoms with Crippen LogP contribution in [-0.4, -0.2) is 62.9 Å². The van der Waals surface area contributed by atoms with Gasteiger partial charge in [-0.15, -0.1) is 0 Å². The van der Waals surface area contributed by atoms with E-state index in [4.69, 9.17) is 4.74 Å². The largest absolute Gasteiger partial charge is 0.441 e. The molecular formula is C20H32N4O3. The van der Waals surface area contributed by atoms with Gasteiger partial charge in [-0.05, 0) is 25.8 Å². The van der Waals surface area contributed by atoms with Crippen LogP contribution in [0.2, 0.25) is 0 Å². The summed E-state index contributed by atoms with van der Waals surface area (Å²) in [6, 6.07) is 2.10. The molecule has 2 aliphatic rings. The van der Waals surface area contributed by atoms with Crippen molar-refractivity contribution in [2.24, 2.45) is 7.05 Å². The molecule has 0 N–H and O–H groups in total. The molecule has 2 saturated heterocycles. The average molecular weight is 377 g/mol. The minimum Gasteiger partial charge on any atom is -0.441 e. The lowest BCUT2D eigenvalue weighted by molar-refractivity contribution is 0.00277. The lowest BCUT2D eigenvalue weighted by Gasteiger charge is -2.37. The quantitative estimate of drug-likeness (QED) is 0.765. The van der Waals surface area contributed by atoms with Crippen LogP contribution in [0.15, 0.2) is 6.07 Å². The van der Waals surface area contributed by atoms with Crippen LogP contribution in [0, 0.1) is 0 Å². The lowest BCUT2D eigenvalue weighted by atomic mass is 9.90. The van der Waals surface area contributed by atoms with Crippen molar-refractivity contribution in [2.75, 3.05) is 19.6 Å². The Bertz CT molecular complexity index is 691. The molecule has 3 heterocycles. The Labute approximate surface area is 161 Å². The highest BCUT2D eigenvalue weighted by molar-refractivity contribution is 5.92. The Kier molecular flexibility index (Phi) is 5.77. The van der Waals surface area contributed by atoms with Gasteiger partial charge in [0.05, 0.1) is 12.2 Å². The van der Waals surface area contributed by atoms with E-state index in [9.17, 15) is 9.59 Å². The number of nitrogens with zero attached hydrogens (tertiary/aromatic N) is 4. The normalized spacial score (nSPS) is 20.2. The van der Waals surface area contributed by atoms with Crippen LogP contribution in [0.3, 0.4) is 0 Å². The van der Waals surface area contributed by atoms with Gasteiger partial charge in [0.15, 0.2) is 0 Å². The van der Waals surface area contributed by atoms with Gasteiger partial charge >= 0.3 is 6.09 Å². The van der Waals surface area contributed by atoms with Gasteiger partial charge in [-0.1, -0.05) is 26.7 Å². The van der Waals surface area contributed by atoms with Crippen molar-refractivity contribution in [1.82, 2.24) is 19.6 Å². The highest BCUT2D eigenvalue weighted by Crippen LogP contribution is 2.35. The van der Waals surface area contributed by atoms with Crippen LogP contribution in [-0.2, 0) is 18.2 Å². The SMILES string of the molecule is CCCc1cc(C(=O)N2CCC3(CC2)CN([C@H](C)CCC)C(=O)O3)n(C)n1. The number of piperidine rings is 1. The number of aryl methyl sites for hydroxylation is 2. The van der Waals surface area contributed by atoms with E-state index in [0.717, 1.165) is 31.4 Å². The summed E-state index contributed by atoms with van der Waals surface area (Å²) in [5, 5.41) is 4.44. The van der Waals surface area contributed by atoms with Crippen LogP contribution in [0.25, 0.3) is 0 Å². The minimum absolute atomic E-state index is 0.0164. The molecule has 27 heavy (non-hydrogen) atoms. The fraction of sp³-hybridized carbons (Fsp3) is 0.750. The summed E-state index contributed by atoms with van der Waals surface area (Å²) in [6.07, 6.45) is 5.10. The fourth-order valence-corrected chi connectivity index (χ4v) is 4.21. The summed E-state index contributed by atoms with van der Waals surface area (Å²) in [5.74, 6) is 0.0164. The van der Waals surface area contributed by atoms with E-state index in [1.165, 1.54) is 0 Å². The number of hydrogen-bond donors (Lipinski definition) is 0. The van der Waals surface area contributed by atoms with Gasteiger partial charge in [0.25, 0.3) is 5.91 Å². The molecule has 150 valence electrons. The second-order valence-electron chi connectivity index (χ2n) is 8.00. The number of aromatic nitrogens is 2. The Morgan fingerprint density at radius 3 is 2.63 bits per heavy atom. The van der Waals surface area contributed by atoms with Crippen molar-refractivity contribution in [1.29, 1.82) is 0 Å². The summed E-state index contributed by atoms with van der Waals surface area (Å²) in [7, 11) is 1.82. The molecular weight excluding hydrogens is 344 g/mol. The molecule has 7 nitrogen and oxygen atoms in total. The molecule has 0 aromatic carbocycles. The Morgan fingerprint density at radius 1 is 1.30 bits per heavy atom. The molecule has 0 radical (unpaired) electrons. The molecule has 7 heteroatoms. The molecule has 0 bridgehead atoms. The van der Waals surface area contributed by atoms with Crippen LogP contribution < -0.4 is 0 Å². The molecule has 2 aliphatic heterocycles. The van der Waals surface area contributed by atoms with E-state index in [0.29, 0.717) is 38.2 Å². The molecule has 2 amide bonds. The lowest BCUT2D eigenvalue weighted by Crippen LogP contribution is -2.49. The van der Waals surface area contributed by atoms with Gasteiger partial charge in [0, 0.05) is 39.0 Å². The summed E-state index contributed by atoms with van der Waals surface area (Å²) >= 11 is 0. The predicted molar refractivity (Wildman–Crippen MR) is 103 cm³/mol. The van der Waals surface area contributed by atoms with Crippen LogP contribution in [0.4, 0.5) is 4.79 Å². The van der Waals surface area contributed by atoms with E-state index >= 15 is 0 Å². The Hall–Kier alpha value is -2.05. The molecule has 2 fully saturated rings. The zero-order chi connectivity index (χ0) is 19.6. The molecule has 3 rings (SSSR count). The van der Waals surface area contributed by atoms with Crippen LogP contribution >= 0.6 is 0 Å². The number of carbonyl (C=O) groups is 2. The van der Waals surface area contributed by atoms with Crippen molar-refractivity contribution < 1.29 is 14.3 Å². The van der Waals surface area contributed by atoms with E-state index in [-0.39, 0.29) is 18.0 Å². The minimum atomic E-state index is -0.435. The zero-order valence-electron chi connectivity index (χ0n) is 17.0. The maximum atomic E-state index is 12.9. The first-order valence-corrected chi connectivity index (χ1v) is 10.2. The van der Waals surface area contributed by atoms with Gasteiger partial charge < -0.3 is 14.5 Å². The van der Waals surface area contributed by atoms with Crippen molar-refractivity contribution in [3.63, 3.8) is 0 Å². The molecule has 1 aromatic rings. The van der Waals surface area contributed by atoms with E-state index in [2.05, 4.69) is 25.9 Å². The second kappa shape index (κ2) is 7.90. The van der Waals surface area contributed by atoms with E-state index in [1.807, 2.05) is 22.9 Å². The van der Waals surface area contributed by atoms with Gasteiger partial charge in [-0.2, -0.15) is 5.10 Å². The number of ether oxygens (including phenoxy) is 1. The standard InChI is InChI=1S/C20H32N4O3/c1-5-7-15(3)24-14-20(27-19(24)26)9-11-23(12-10-20)18(25)17-13-16(8-6-2)21-22(17)4/h13,15H,5-12,14H2,1-4H3/t15-/m1/s1. The van der Waals surface area contributed by atoms with Gasteiger partial charge in [-0.25, -0.2) is 4.79 Å². The summed E-state index contributed by atoms with van der Waals surface area (Å²) in [5.41, 5.74) is 1.16. The highest BCUT2D eigenvalue weighted by Gasteiger charge is 2.48. The molecule has 0 unspecified atom stereocenters. The first-order valence-electron chi connectivity index (χ1n) is 10.2. The van der Waals surface area contributed by atoms with Crippen LogP contribution in [0.1, 0.15) is 69.1 Å². The van der Waals surface area contributed by atoms with Crippen molar-refractivity contribution in [2.45, 2.75) is 70.9 Å². The first-order chi connectivity index (χ1) is 12.9. The average Bonchev–Trinajstić information content (AvgIpc) is 3.15. The zero-order valence-corrected chi connectivity index (χ0v) is 17.0. The Balaban J connectivity index is 1.62. The summed E-state index contributed by atoms with van der Waals surface area (Å²) < 4.78 is 7.48. The molecule has 0 aliphatic carbocycles. The monoisotopic (exact) mass is 376 g/mol. The van der Waals surface area contributed by atoms with Gasteiger partial charge in [0.1, 0.15) is 11.3 Å². The fourth-order valence-electron chi connectivity index (χ4n) is 4.21. The number of rotatable bonds is 6. The van der Waals surface area contributed by atoms with Crippen LogP contribution in [0.5, 0.6) is 0 Å². The van der Waals surface area contributed by atoms with E-state index in [1.54, 1.807) is 4.68 Å². The molecule has 1 atom stereocenters. The van der Waals surface area contributed by atoms with E-state index < -0.39 is 5.60 Å². The van der Waals surface area contributed by atoms with Gasteiger partial charge in [-0.3, -0.25) is 9.48 Å².